The minimum atomic E-state index is -1.00. The van der Waals surface area contributed by atoms with E-state index in [0.717, 1.165) is 31.6 Å². The van der Waals surface area contributed by atoms with E-state index < -0.39 is 5.97 Å². The molecule has 0 saturated carbocycles. The Labute approximate surface area is 140 Å². The molecule has 0 aromatic carbocycles. The number of aromatic nitrogens is 2. The Kier molecular flexibility index (Phi) is 4.55. The first kappa shape index (κ1) is 16.1. The molecular formula is C18H19N3O3. The average Bonchev–Trinajstić information content (AvgIpc) is 2.62. The van der Waals surface area contributed by atoms with Gasteiger partial charge in [-0.25, -0.2) is 4.79 Å². The number of pyridine rings is 2. The lowest BCUT2D eigenvalue weighted by Gasteiger charge is -2.31. The number of carbonyl (C=O) groups is 2. The van der Waals surface area contributed by atoms with Gasteiger partial charge in [0.05, 0.1) is 11.3 Å². The fourth-order valence-electron chi connectivity index (χ4n) is 3.08. The first-order valence-electron chi connectivity index (χ1n) is 7.95. The zero-order valence-electron chi connectivity index (χ0n) is 13.5. The number of carboxylic acids is 1. The third-order valence-electron chi connectivity index (χ3n) is 4.48. The maximum Gasteiger partial charge on any atom is 0.337 e. The molecule has 3 rings (SSSR count). The van der Waals surface area contributed by atoms with Gasteiger partial charge in [-0.15, -0.1) is 0 Å². The molecule has 1 amide bonds. The van der Waals surface area contributed by atoms with Crippen molar-refractivity contribution in [1.82, 2.24) is 14.9 Å². The molecule has 3 heterocycles. The number of carbonyl (C=O) groups excluding carboxylic acids is 1. The zero-order valence-corrected chi connectivity index (χ0v) is 13.5. The van der Waals surface area contributed by atoms with Crippen LogP contribution in [-0.4, -0.2) is 44.9 Å². The molecule has 6 nitrogen and oxygen atoms in total. The largest absolute Gasteiger partial charge is 0.478 e. The summed E-state index contributed by atoms with van der Waals surface area (Å²) in [6.45, 7) is 3.15. The van der Waals surface area contributed by atoms with Gasteiger partial charge in [-0.2, -0.15) is 0 Å². The highest BCUT2D eigenvalue weighted by Gasteiger charge is 2.22. The van der Waals surface area contributed by atoms with Crippen LogP contribution in [0.2, 0.25) is 0 Å². The van der Waals surface area contributed by atoms with Crippen LogP contribution in [0.15, 0.2) is 36.8 Å². The second kappa shape index (κ2) is 6.78. The van der Waals surface area contributed by atoms with E-state index in [-0.39, 0.29) is 11.5 Å². The van der Waals surface area contributed by atoms with Crippen molar-refractivity contribution >= 4 is 11.9 Å². The van der Waals surface area contributed by atoms with Crippen LogP contribution in [0.4, 0.5) is 0 Å². The molecule has 2 aromatic rings. The minimum absolute atomic E-state index is 0.125. The molecule has 124 valence electrons. The Balaban J connectivity index is 1.81. The maximum atomic E-state index is 11.4. The van der Waals surface area contributed by atoms with Gasteiger partial charge in [0.15, 0.2) is 0 Å². The van der Waals surface area contributed by atoms with Crippen molar-refractivity contribution in [2.24, 2.45) is 0 Å². The van der Waals surface area contributed by atoms with Crippen LogP contribution in [0.25, 0.3) is 11.3 Å². The number of piperidine rings is 1. The highest BCUT2D eigenvalue weighted by molar-refractivity contribution is 5.88. The summed E-state index contributed by atoms with van der Waals surface area (Å²) in [6.07, 6.45) is 6.55. The van der Waals surface area contributed by atoms with Crippen molar-refractivity contribution in [3.05, 3.63) is 47.9 Å². The van der Waals surface area contributed by atoms with E-state index in [2.05, 4.69) is 9.97 Å². The molecule has 0 bridgehead atoms. The molecule has 2 aromatic heterocycles. The van der Waals surface area contributed by atoms with Crippen molar-refractivity contribution in [2.45, 2.75) is 25.7 Å². The first-order valence-corrected chi connectivity index (χ1v) is 7.95. The van der Waals surface area contributed by atoms with Crippen molar-refractivity contribution in [1.29, 1.82) is 0 Å². The molecule has 0 radical (unpaired) electrons. The second-order valence-corrected chi connectivity index (χ2v) is 6.02. The van der Waals surface area contributed by atoms with Crippen LogP contribution in [0, 0.1) is 0 Å². The molecule has 1 saturated heterocycles. The molecule has 0 spiro atoms. The third kappa shape index (κ3) is 3.42. The van der Waals surface area contributed by atoms with Crippen molar-refractivity contribution in [3.63, 3.8) is 0 Å². The molecule has 1 aliphatic rings. The third-order valence-corrected chi connectivity index (χ3v) is 4.48. The highest BCUT2D eigenvalue weighted by Crippen LogP contribution is 2.30. The van der Waals surface area contributed by atoms with Gasteiger partial charge in [0.1, 0.15) is 0 Å². The van der Waals surface area contributed by atoms with Gasteiger partial charge >= 0.3 is 5.97 Å². The van der Waals surface area contributed by atoms with Crippen LogP contribution >= 0.6 is 0 Å². The summed E-state index contributed by atoms with van der Waals surface area (Å²) in [4.78, 5) is 32.7. The number of nitrogens with zero attached hydrogens (tertiary/aromatic N) is 3. The van der Waals surface area contributed by atoms with Crippen LogP contribution in [0.1, 0.15) is 41.6 Å². The lowest BCUT2D eigenvalue weighted by molar-refractivity contribution is -0.129. The van der Waals surface area contributed by atoms with Gasteiger partial charge < -0.3 is 10.0 Å². The zero-order chi connectivity index (χ0) is 17.1. The second-order valence-electron chi connectivity index (χ2n) is 6.02. The minimum Gasteiger partial charge on any atom is -0.478 e. The van der Waals surface area contributed by atoms with Gasteiger partial charge in [0.25, 0.3) is 0 Å². The smallest absolute Gasteiger partial charge is 0.337 e. The summed E-state index contributed by atoms with van der Waals surface area (Å²) in [7, 11) is 0. The molecule has 0 unspecified atom stereocenters. The monoisotopic (exact) mass is 325 g/mol. The number of carboxylic acid groups (broad SMARTS) is 1. The fourth-order valence-corrected chi connectivity index (χ4v) is 3.08. The van der Waals surface area contributed by atoms with Crippen molar-refractivity contribution < 1.29 is 14.7 Å². The standard InChI is InChI=1S/C18H19N3O3/c1-12(22)21-6-3-13(4-7-21)14-2-5-20-17(9-14)15-8-16(18(23)24)11-19-10-15/h2,5,8-11,13H,3-4,6-7H2,1H3,(H,23,24). The van der Waals surface area contributed by atoms with E-state index in [9.17, 15) is 9.59 Å². The van der Waals surface area contributed by atoms with Crippen LogP contribution < -0.4 is 0 Å². The molecule has 1 N–H and O–H groups in total. The number of hydrogen-bond acceptors (Lipinski definition) is 4. The Bertz CT molecular complexity index is 768. The van der Waals surface area contributed by atoms with Crippen molar-refractivity contribution in [2.75, 3.05) is 13.1 Å². The van der Waals surface area contributed by atoms with E-state index in [1.807, 2.05) is 17.0 Å². The molecular weight excluding hydrogens is 306 g/mol. The summed E-state index contributed by atoms with van der Waals surface area (Å²) in [5.41, 5.74) is 2.73. The highest BCUT2D eigenvalue weighted by atomic mass is 16.4. The van der Waals surface area contributed by atoms with Crippen LogP contribution in [-0.2, 0) is 4.79 Å². The van der Waals surface area contributed by atoms with Crippen LogP contribution in [0.5, 0.6) is 0 Å². The van der Waals surface area contributed by atoms with Crippen LogP contribution in [0.3, 0.4) is 0 Å². The van der Waals surface area contributed by atoms with Crippen molar-refractivity contribution in [3.8, 4) is 11.3 Å². The predicted octanol–water partition coefficient (Wildman–Crippen LogP) is 2.57. The normalized spacial score (nSPS) is 15.3. The van der Waals surface area contributed by atoms with E-state index >= 15 is 0 Å². The Morgan fingerprint density at radius 3 is 2.62 bits per heavy atom. The van der Waals surface area contributed by atoms with E-state index in [1.165, 1.54) is 11.8 Å². The van der Waals surface area contributed by atoms with E-state index in [0.29, 0.717) is 11.5 Å². The Hall–Kier alpha value is -2.76. The lowest BCUT2D eigenvalue weighted by atomic mass is 9.89. The summed E-state index contributed by atoms with van der Waals surface area (Å²) in [5.74, 6) is -0.490. The molecule has 0 atom stereocenters. The quantitative estimate of drug-likeness (QED) is 0.937. The van der Waals surface area contributed by atoms with Gasteiger partial charge in [0, 0.05) is 44.2 Å². The molecule has 1 fully saturated rings. The topological polar surface area (TPSA) is 83.4 Å². The lowest BCUT2D eigenvalue weighted by Crippen LogP contribution is -2.36. The fraction of sp³-hybridized carbons (Fsp3) is 0.333. The SMILES string of the molecule is CC(=O)N1CCC(c2ccnc(-c3cncc(C(=O)O)c3)c2)CC1. The summed E-state index contributed by atoms with van der Waals surface area (Å²) in [5, 5.41) is 9.09. The summed E-state index contributed by atoms with van der Waals surface area (Å²) >= 11 is 0. The predicted molar refractivity (Wildman–Crippen MR) is 88.7 cm³/mol. The van der Waals surface area contributed by atoms with E-state index in [1.54, 1.807) is 25.4 Å². The Morgan fingerprint density at radius 1 is 1.21 bits per heavy atom. The molecule has 6 heteroatoms. The van der Waals surface area contributed by atoms with Gasteiger partial charge in [0.2, 0.25) is 5.91 Å². The number of likely N-dealkylation sites (tertiary alicyclic amines) is 1. The van der Waals surface area contributed by atoms with Gasteiger partial charge in [-0.1, -0.05) is 0 Å². The first-order chi connectivity index (χ1) is 11.5. The maximum absolute atomic E-state index is 11.4. The number of aromatic carboxylic acids is 1. The summed E-state index contributed by atoms with van der Waals surface area (Å²) < 4.78 is 0. The molecule has 24 heavy (non-hydrogen) atoms. The number of amides is 1. The molecule has 0 aliphatic carbocycles. The molecule has 1 aliphatic heterocycles. The average molecular weight is 325 g/mol. The number of hydrogen-bond donors (Lipinski definition) is 1. The van der Waals surface area contributed by atoms with Gasteiger partial charge in [-0.3, -0.25) is 14.8 Å². The Morgan fingerprint density at radius 2 is 1.96 bits per heavy atom. The van der Waals surface area contributed by atoms with Gasteiger partial charge in [-0.05, 0) is 42.5 Å². The van der Waals surface area contributed by atoms with E-state index in [4.69, 9.17) is 5.11 Å². The number of rotatable bonds is 3. The summed E-state index contributed by atoms with van der Waals surface area (Å²) in [6, 6.07) is 5.57.